The first-order chi connectivity index (χ1) is 11.6. The van der Waals surface area contributed by atoms with Crippen LogP contribution in [0.4, 0.5) is 0 Å². The van der Waals surface area contributed by atoms with Crippen LogP contribution in [-0.2, 0) is 17.8 Å². The van der Waals surface area contributed by atoms with Crippen LogP contribution in [0.5, 0.6) is 0 Å². The van der Waals surface area contributed by atoms with Crippen LogP contribution in [0.2, 0.25) is 0 Å². The normalized spacial score (nSPS) is 12.2. The summed E-state index contributed by atoms with van der Waals surface area (Å²) in [5, 5.41) is 13.6. The summed E-state index contributed by atoms with van der Waals surface area (Å²) in [5.41, 5.74) is 1.35. The van der Waals surface area contributed by atoms with Gasteiger partial charge in [-0.1, -0.05) is 25.1 Å². The highest BCUT2D eigenvalue weighted by atomic mass is 32.1. The van der Waals surface area contributed by atoms with E-state index in [-0.39, 0.29) is 11.5 Å². The van der Waals surface area contributed by atoms with Gasteiger partial charge in [0.25, 0.3) is 5.56 Å². The molecule has 1 atom stereocenters. The fraction of sp³-hybridized carbons (Fsp3) is 0.294. The molecule has 0 fully saturated rings. The predicted octanol–water partition coefficient (Wildman–Crippen LogP) is 2.36. The molecule has 0 unspecified atom stereocenters. The first-order valence-electron chi connectivity index (χ1n) is 7.78. The monoisotopic (exact) mass is 342 g/mol. The average Bonchev–Trinajstić information content (AvgIpc) is 3.08. The smallest absolute Gasteiger partial charge is 0.272 e. The van der Waals surface area contributed by atoms with Crippen molar-refractivity contribution in [2.75, 3.05) is 0 Å². The Kier molecular flexibility index (Phi) is 4.71. The number of hydrogen-bond donors (Lipinski definition) is 2. The van der Waals surface area contributed by atoms with Crippen LogP contribution in [0.3, 0.4) is 0 Å². The lowest BCUT2D eigenvalue weighted by molar-refractivity contribution is -0.122. The lowest BCUT2D eigenvalue weighted by atomic mass is 10.0. The number of hydrogen-bond acceptors (Lipinski definition) is 5. The Balaban J connectivity index is 1.78. The number of nitrogens with zero attached hydrogens (tertiary/aromatic N) is 2. The lowest BCUT2D eigenvalue weighted by Crippen LogP contribution is -2.29. The van der Waals surface area contributed by atoms with Gasteiger partial charge in [-0.15, -0.1) is 11.3 Å². The Labute approximate surface area is 143 Å². The molecular weight excluding hydrogens is 324 g/mol. The van der Waals surface area contributed by atoms with Crippen LogP contribution in [0.25, 0.3) is 10.8 Å². The van der Waals surface area contributed by atoms with Crippen LogP contribution >= 0.6 is 11.3 Å². The summed E-state index contributed by atoms with van der Waals surface area (Å²) in [4.78, 5) is 28.7. The summed E-state index contributed by atoms with van der Waals surface area (Å²) < 4.78 is 0. The first-order valence-corrected chi connectivity index (χ1v) is 8.66. The van der Waals surface area contributed by atoms with E-state index < -0.39 is 5.92 Å². The standard InChI is InChI=1S/C17H18N4O2S/c1-3-11-9-24-14(19-11)8-18-16(22)10(2)15-12-6-4-5-7-13(12)17(23)21-20-15/h4-7,9-10H,3,8H2,1-2H3,(H,18,22)(H,21,23)/t10-/m1/s1. The maximum Gasteiger partial charge on any atom is 0.272 e. The second-order valence-electron chi connectivity index (χ2n) is 5.51. The molecular formula is C17H18N4O2S. The Bertz CT molecular complexity index is 931. The number of rotatable bonds is 5. The van der Waals surface area contributed by atoms with Gasteiger partial charge in [-0.3, -0.25) is 9.59 Å². The topological polar surface area (TPSA) is 87.7 Å². The Hall–Kier alpha value is -2.54. The number of nitrogens with one attached hydrogen (secondary N) is 2. The maximum atomic E-state index is 12.5. The van der Waals surface area contributed by atoms with Crippen LogP contribution in [0, 0.1) is 0 Å². The Morgan fingerprint density at radius 2 is 2.08 bits per heavy atom. The predicted molar refractivity (Wildman–Crippen MR) is 94.1 cm³/mol. The molecule has 1 aromatic carbocycles. The zero-order chi connectivity index (χ0) is 17.1. The molecule has 3 aromatic rings. The summed E-state index contributed by atoms with van der Waals surface area (Å²) in [6.07, 6.45) is 0.883. The van der Waals surface area contributed by atoms with E-state index in [9.17, 15) is 9.59 Å². The van der Waals surface area contributed by atoms with Crippen molar-refractivity contribution in [2.24, 2.45) is 0 Å². The van der Waals surface area contributed by atoms with E-state index in [1.807, 2.05) is 24.4 Å². The number of thiazole rings is 1. The van der Waals surface area contributed by atoms with E-state index in [0.29, 0.717) is 23.0 Å². The van der Waals surface area contributed by atoms with E-state index in [2.05, 4.69) is 20.5 Å². The van der Waals surface area contributed by atoms with Crippen molar-refractivity contribution in [3.63, 3.8) is 0 Å². The van der Waals surface area contributed by atoms with E-state index >= 15 is 0 Å². The summed E-state index contributed by atoms with van der Waals surface area (Å²) in [5.74, 6) is -0.620. The van der Waals surface area contributed by atoms with Gasteiger partial charge in [-0.05, 0) is 19.4 Å². The number of aromatic nitrogens is 3. The van der Waals surface area contributed by atoms with E-state index in [1.54, 1.807) is 19.1 Å². The molecule has 2 N–H and O–H groups in total. The molecule has 2 heterocycles. The highest BCUT2D eigenvalue weighted by Crippen LogP contribution is 2.21. The van der Waals surface area contributed by atoms with Crippen molar-refractivity contribution in [1.82, 2.24) is 20.5 Å². The number of benzene rings is 1. The summed E-state index contributed by atoms with van der Waals surface area (Å²) in [6.45, 7) is 4.23. The zero-order valence-corrected chi connectivity index (χ0v) is 14.3. The molecule has 0 aliphatic rings. The molecule has 0 aliphatic carbocycles. The largest absolute Gasteiger partial charge is 0.349 e. The Morgan fingerprint density at radius 3 is 2.79 bits per heavy atom. The molecule has 0 saturated carbocycles. The van der Waals surface area contributed by atoms with Crippen LogP contribution < -0.4 is 10.9 Å². The van der Waals surface area contributed by atoms with E-state index in [4.69, 9.17) is 0 Å². The number of aromatic amines is 1. The fourth-order valence-electron chi connectivity index (χ4n) is 2.50. The maximum absolute atomic E-state index is 12.5. The van der Waals surface area contributed by atoms with Crippen molar-refractivity contribution in [3.8, 4) is 0 Å². The third-order valence-electron chi connectivity index (χ3n) is 3.90. The number of carbonyl (C=O) groups is 1. The van der Waals surface area contributed by atoms with Gasteiger partial charge >= 0.3 is 0 Å². The van der Waals surface area contributed by atoms with Crippen LogP contribution in [0.1, 0.15) is 36.2 Å². The van der Waals surface area contributed by atoms with Crippen molar-refractivity contribution in [2.45, 2.75) is 32.7 Å². The number of H-pyrrole nitrogens is 1. The minimum Gasteiger partial charge on any atom is -0.349 e. The third kappa shape index (κ3) is 3.21. The van der Waals surface area contributed by atoms with Gasteiger partial charge in [-0.2, -0.15) is 5.10 Å². The summed E-state index contributed by atoms with van der Waals surface area (Å²) >= 11 is 1.54. The molecule has 0 aliphatic heterocycles. The highest BCUT2D eigenvalue weighted by molar-refractivity contribution is 7.09. The van der Waals surface area contributed by atoms with Crippen LogP contribution in [-0.4, -0.2) is 21.1 Å². The minimum atomic E-state index is -0.475. The fourth-order valence-corrected chi connectivity index (χ4v) is 3.32. The zero-order valence-electron chi connectivity index (χ0n) is 13.5. The summed E-state index contributed by atoms with van der Waals surface area (Å²) in [6, 6.07) is 7.16. The van der Waals surface area contributed by atoms with Gasteiger partial charge in [0, 0.05) is 10.8 Å². The number of aryl methyl sites for hydroxylation is 1. The molecule has 0 saturated heterocycles. The number of fused-ring (bicyclic) bond motifs is 1. The van der Waals surface area contributed by atoms with E-state index in [0.717, 1.165) is 17.1 Å². The van der Waals surface area contributed by atoms with Crippen molar-refractivity contribution in [1.29, 1.82) is 0 Å². The molecule has 0 radical (unpaired) electrons. The minimum absolute atomic E-state index is 0.145. The molecule has 2 aromatic heterocycles. The van der Waals surface area contributed by atoms with Gasteiger partial charge in [0.15, 0.2) is 0 Å². The first kappa shape index (κ1) is 16.3. The molecule has 6 nitrogen and oxygen atoms in total. The number of carbonyl (C=O) groups excluding carboxylic acids is 1. The van der Waals surface area contributed by atoms with E-state index in [1.165, 1.54) is 11.3 Å². The molecule has 124 valence electrons. The number of amides is 1. The quantitative estimate of drug-likeness (QED) is 0.745. The van der Waals surface area contributed by atoms with Gasteiger partial charge in [0.05, 0.1) is 29.2 Å². The third-order valence-corrected chi connectivity index (χ3v) is 4.80. The highest BCUT2D eigenvalue weighted by Gasteiger charge is 2.20. The van der Waals surface area contributed by atoms with Gasteiger partial charge in [0.2, 0.25) is 5.91 Å². The molecule has 0 bridgehead atoms. The van der Waals surface area contributed by atoms with Crippen LogP contribution in [0.15, 0.2) is 34.4 Å². The average molecular weight is 342 g/mol. The second-order valence-corrected chi connectivity index (χ2v) is 6.45. The molecule has 1 amide bonds. The van der Waals surface area contributed by atoms with Gasteiger partial charge < -0.3 is 5.32 Å². The van der Waals surface area contributed by atoms with Crippen molar-refractivity contribution in [3.05, 3.63) is 56.4 Å². The SMILES string of the molecule is CCc1csc(CNC(=O)[C@H](C)c2n[nH]c(=O)c3ccccc23)n1. The van der Waals surface area contributed by atoms with Gasteiger partial charge in [0.1, 0.15) is 5.01 Å². The second kappa shape index (κ2) is 6.92. The molecule has 7 heteroatoms. The Morgan fingerprint density at radius 1 is 1.33 bits per heavy atom. The summed E-state index contributed by atoms with van der Waals surface area (Å²) in [7, 11) is 0. The molecule has 24 heavy (non-hydrogen) atoms. The lowest BCUT2D eigenvalue weighted by Gasteiger charge is -2.12. The molecule has 0 spiro atoms. The van der Waals surface area contributed by atoms with Crippen molar-refractivity contribution < 1.29 is 4.79 Å². The van der Waals surface area contributed by atoms with Gasteiger partial charge in [-0.25, -0.2) is 10.1 Å². The molecule has 3 rings (SSSR count). The van der Waals surface area contributed by atoms with Crippen molar-refractivity contribution >= 4 is 28.0 Å².